The van der Waals surface area contributed by atoms with Gasteiger partial charge in [0.05, 0.1) is 34.9 Å². The number of carbonyl (C=O) groups excluding carboxylic acids is 4. The third kappa shape index (κ3) is 2.44. The molecule has 4 N–H and O–H groups in total. The number of hydrogen-bond donors (Lipinski definition) is 4. The number of allylic oxidation sites excluding steroid dienone is 3. The van der Waals surface area contributed by atoms with E-state index in [-0.39, 0.29) is 46.4 Å². The minimum Gasteiger partial charge on any atom is -0.507 e. The van der Waals surface area contributed by atoms with Crippen LogP contribution in [0.3, 0.4) is 0 Å². The number of aromatic nitrogens is 1. The predicted octanol–water partition coefficient (Wildman–Crippen LogP) is 2.77. The Labute approximate surface area is 213 Å². The molecule has 6 rings (SSSR count). The normalized spacial score (nSPS) is 19.6. The summed E-state index contributed by atoms with van der Waals surface area (Å²) in [4.78, 5) is 67.6. The quantitative estimate of drug-likeness (QED) is 0.228. The molecule has 3 aliphatic carbocycles. The van der Waals surface area contributed by atoms with E-state index in [1.54, 1.807) is 6.92 Å². The van der Waals surface area contributed by atoms with E-state index in [0.29, 0.717) is 22.8 Å². The average Bonchev–Trinajstić information content (AvgIpc) is 3.40. The monoisotopic (exact) mass is 513 g/mol. The number of aromatic amines is 1. The molecule has 0 radical (unpaired) electrons. The van der Waals surface area contributed by atoms with Crippen LogP contribution in [0.4, 0.5) is 0 Å². The van der Waals surface area contributed by atoms with Gasteiger partial charge in [-0.05, 0) is 54.0 Å². The standard InChI is InChI=1S/C28H19NO9/c1-9-6-14(38-3)21(31)17-15(9)22(32)18-19(23(17)33)26(36)28(25(18)35)5-4-12-10(2)13-7-11(8-30)29-27(37)16(13)24(34)20(12)28/h6-8,32-34H,1,4-5H2,2-3H3,(H,29,37). The lowest BCUT2D eigenvalue weighted by atomic mass is 9.75. The van der Waals surface area contributed by atoms with Crippen LogP contribution in [0.1, 0.15) is 70.2 Å². The lowest BCUT2D eigenvalue weighted by molar-refractivity contribution is 0.0790. The van der Waals surface area contributed by atoms with Gasteiger partial charge in [0.1, 0.15) is 22.7 Å². The maximum atomic E-state index is 14.1. The molecule has 1 atom stereocenters. The highest BCUT2D eigenvalue weighted by atomic mass is 16.5. The zero-order chi connectivity index (χ0) is 27.4. The fourth-order valence-corrected chi connectivity index (χ4v) is 6.26. The topological polar surface area (TPSA) is 171 Å². The number of carbonyl (C=O) groups is 4. The average molecular weight is 513 g/mol. The largest absolute Gasteiger partial charge is 0.507 e. The fourth-order valence-electron chi connectivity index (χ4n) is 6.26. The maximum absolute atomic E-state index is 14.1. The van der Waals surface area contributed by atoms with Gasteiger partial charge in [0.2, 0.25) is 5.78 Å². The Bertz CT molecular complexity index is 1860. The Kier molecular flexibility index (Phi) is 4.49. The van der Waals surface area contributed by atoms with Crippen molar-refractivity contribution in [2.45, 2.75) is 25.2 Å². The summed E-state index contributed by atoms with van der Waals surface area (Å²) >= 11 is 0. The molecule has 0 saturated carbocycles. The molecule has 0 amide bonds. The molecular weight excluding hydrogens is 494 g/mol. The van der Waals surface area contributed by atoms with E-state index in [1.165, 1.54) is 19.3 Å². The lowest BCUT2D eigenvalue weighted by Crippen LogP contribution is -2.36. The van der Waals surface area contributed by atoms with Crippen LogP contribution in [0, 0.1) is 6.92 Å². The van der Waals surface area contributed by atoms with Gasteiger partial charge in [-0.3, -0.25) is 24.0 Å². The van der Waals surface area contributed by atoms with Gasteiger partial charge in [-0.2, -0.15) is 0 Å². The number of nitrogens with one attached hydrogen (secondary N) is 1. The van der Waals surface area contributed by atoms with Crippen LogP contribution in [0.2, 0.25) is 0 Å². The van der Waals surface area contributed by atoms with Crippen molar-refractivity contribution < 1.29 is 39.2 Å². The van der Waals surface area contributed by atoms with E-state index in [9.17, 15) is 39.3 Å². The summed E-state index contributed by atoms with van der Waals surface area (Å²) in [5.74, 6) is -4.84. The first kappa shape index (κ1) is 23.4. The molecule has 38 heavy (non-hydrogen) atoms. The number of methoxy groups -OCH3 is 1. The number of aryl methyl sites for hydroxylation is 1. The molecule has 190 valence electrons. The molecule has 0 fully saturated rings. The number of pyridine rings is 1. The highest BCUT2D eigenvalue weighted by Gasteiger charge is 2.61. The number of phenols is 3. The highest BCUT2D eigenvalue weighted by molar-refractivity contribution is 6.37. The van der Waals surface area contributed by atoms with Gasteiger partial charge < -0.3 is 25.0 Å². The molecule has 10 heteroatoms. The smallest absolute Gasteiger partial charge is 0.260 e. The molecule has 0 aliphatic heterocycles. The van der Waals surface area contributed by atoms with Gasteiger partial charge in [-0.25, -0.2) is 0 Å². The molecular formula is C28H19NO9. The Balaban J connectivity index is 1.68. The summed E-state index contributed by atoms with van der Waals surface area (Å²) in [5.41, 5.74) is -3.53. The van der Waals surface area contributed by atoms with Crippen LogP contribution >= 0.6 is 0 Å². The molecule has 1 heterocycles. The summed E-state index contributed by atoms with van der Waals surface area (Å²) in [7, 11) is 1.24. The van der Waals surface area contributed by atoms with Crippen LogP contribution in [0.25, 0.3) is 16.3 Å². The molecule has 1 spiro atoms. The number of H-pyrrole nitrogens is 1. The van der Waals surface area contributed by atoms with E-state index in [2.05, 4.69) is 11.6 Å². The predicted molar refractivity (Wildman–Crippen MR) is 133 cm³/mol. The van der Waals surface area contributed by atoms with Crippen molar-refractivity contribution in [1.82, 2.24) is 4.98 Å². The number of Topliss-reactive ketones (excluding diaryl/α,β-unsaturated/α-hetero) is 3. The summed E-state index contributed by atoms with van der Waals surface area (Å²) in [5, 5.41) is 33.8. The van der Waals surface area contributed by atoms with Crippen LogP contribution in [0.5, 0.6) is 17.2 Å². The van der Waals surface area contributed by atoms with Gasteiger partial charge in [-0.1, -0.05) is 6.58 Å². The Morgan fingerprint density at radius 3 is 2.24 bits per heavy atom. The summed E-state index contributed by atoms with van der Waals surface area (Å²) in [6.45, 7) is 5.44. The van der Waals surface area contributed by atoms with Crippen LogP contribution in [0.15, 0.2) is 29.3 Å². The second-order valence-corrected chi connectivity index (χ2v) is 9.62. The zero-order valence-electron chi connectivity index (χ0n) is 20.1. The van der Waals surface area contributed by atoms with Gasteiger partial charge in [0.25, 0.3) is 5.56 Å². The number of ether oxygens (including phenoxy) is 1. The number of phenolic OH excluding ortho intramolecular Hbond substituents is 3. The Morgan fingerprint density at radius 2 is 1.63 bits per heavy atom. The van der Waals surface area contributed by atoms with Crippen molar-refractivity contribution in [2.75, 3.05) is 7.11 Å². The summed E-state index contributed by atoms with van der Waals surface area (Å²) in [6.07, 6.45) is 1.75. The van der Waals surface area contributed by atoms with Crippen LogP contribution in [-0.2, 0) is 16.6 Å². The van der Waals surface area contributed by atoms with Gasteiger partial charge in [0.15, 0.2) is 23.6 Å². The van der Waals surface area contributed by atoms with Crippen LogP contribution in [-0.4, -0.2) is 51.0 Å². The second-order valence-electron chi connectivity index (χ2n) is 9.62. The Hall–Kier alpha value is -4.99. The summed E-state index contributed by atoms with van der Waals surface area (Å²) < 4.78 is 5.05. The van der Waals surface area contributed by atoms with E-state index in [1.807, 2.05) is 0 Å². The molecule has 3 aliphatic rings. The van der Waals surface area contributed by atoms with Crippen molar-refractivity contribution in [2.24, 2.45) is 0 Å². The first-order chi connectivity index (χ1) is 18.0. The van der Waals surface area contributed by atoms with Gasteiger partial charge in [-0.15, -0.1) is 0 Å². The molecule has 2 aromatic carbocycles. The van der Waals surface area contributed by atoms with Crippen molar-refractivity contribution in [3.8, 4) is 17.2 Å². The van der Waals surface area contributed by atoms with Crippen LogP contribution < -0.4 is 5.56 Å². The number of hydrogen-bond acceptors (Lipinski definition) is 9. The van der Waals surface area contributed by atoms with E-state index in [0.717, 1.165) is 0 Å². The van der Waals surface area contributed by atoms with Crippen molar-refractivity contribution >= 4 is 40.0 Å². The molecule has 1 unspecified atom stereocenters. The van der Waals surface area contributed by atoms with E-state index < -0.39 is 62.3 Å². The Morgan fingerprint density at radius 1 is 1.00 bits per heavy atom. The SMILES string of the molecule is C=C1C=C(OC)C(=O)c2c(O)c3c(c(O)c21)C(=O)C1(CCc2c1c(O)c1c(=O)[nH]c(C=O)cc1c2C)C3=O. The number of benzene rings is 2. The van der Waals surface area contributed by atoms with E-state index >= 15 is 0 Å². The number of aldehydes is 1. The lowest BCUT2D eigenvalue weighted by Gasteiger charge is -2.23. The molecule has 10 nitrogen and oxygen atoms in total. The van der Waals surface area contributed by atoms with Crippen molar-refractivity contribution in [3.05, 3.63) is 79.5 Å². The minimum absolute atomic E-state index is 0.00700. The molecule has 1 aromatic heterocycles. The fraction of sp³-hybridized carbons (Fsp3) is 0.179. The molecule has 0 saturated heterocycles. The molecule has 3 aromatic rings. The van der Waals surface area contributed by atoms with Crippen molar-refractivity contribution in [1.29, 1.82) is 0 Å². The minimum atomic E-state index is -2.04. The third-order valence-corrected chi connectivity index (χ3v) is 7.96. The first-order valence-electron chi connectivity index (χ1n) is 11.6. The number of ketones is 3. The second kappa shape index (κ2) is 7.28. The number of fused-ring (bicyclic) bond motifs is 5. The third-order valence-electron chi connectivity index (χ3n) is 7.96. The zero-order valence-corrected chi connectivity index (χ0v) is 20.1. The number of aromatic hydroxyl groups is 3. The van der Waals surface area contributed by atoms with Gasteiger partial charge >= 0.3 is 0 Å². The first-order valence-corrected chi connectivity index (χ1v) is 11.6. The summed E-state index contributed by atoms with van der Waals surface area (Å²) in [6, 6.07) is 1.40. The number of rotatable bonds is 2. The molecule has 0 bridgehead atoms. The van der Waals surface area contributed by atoms with E-state index in [4.69, 9.17) is 4.74 Å². The maximum Gasteiger partial charge on any atom is 0.260 e. The highest BCUT2D eigenvalue weighted by Crippen LogP contribution is 2.58. The van der Waals surface area contributed by atoms with Crippen molar-refractivity contribution in [3.63, 3.8) is 0 Å². The van der Waals surface area contributed by atoms with Gasteiger partial charge in [0, 0.05) is 11.1 Å².